The van der Waals surface area contributed by atoms with Gasteiger partial charge in [0, 0.05) is 6.20 Å². The number of pyridine rings is 1. The molecule has 6 nitrogen and oxygen atoms in total. The average molecular weight is 192 g/mol. The number of carbonyl (C=O) groups is 1. The Bertz CT molecular complexity index is 422. The van der Waals surface area contributed by atoms with Gasteiger partial charge in [0.1, 0.15) is 23.0 Å². The van der Waals surface area contributed by atoms with Gasteiger partial charge in [-0.2, -0.15) is 5.26 Å². The highest BCUT2D eigenvalue weighted by atomic mass is 16.5. The molecule has 0 aliphatic heterocycles. The Morgan fingerprint density at radius 2 is 2.29 bits per heavy atom. The average Bonchev–Trinajstić information content (AvgIpc) is 2.18. The highest BCUT2D eigenvalue weighted by molar-refractivity contribution is 5.96. The molecule has 1 rings (SSSR count). The first-order valence-corrected chi connectivity index (χ1v) is 3.64. The van der Waals surface area contributed by atoms with Gasteiger partial charge < -0.3 is 16.2 Å². The number of nitrogens with two attached hydrogens (primary N) is 2. The van der Waals surface area contributed by atoms with Crippen molar-refractivity contribution in [3.05, 3.63) is 17.3 Å². The van der Waals surface area contributed by atoms with E-state index in [2.05, 4.69) is 9.72 Å². The zero-order chi connectivity index (χ0) is 10.7. The van der Waals surface area contributed by atoms with Gasteiger partial charge in [-0.15, -0.1) is 0 Å². The topological polar surface area (TPSA) is 115 Å². The molecule has 0 fully saturated rings. The van der Waals surface area contributed by atoms with E-state index in [-0.39, 0.29) is 22.6 Å². The standard InChI is InChI=1S/C8H8N4O2/c1-14-8(13)5-3-12-7(11)4(2-9)6(5)10/h3H,1H3,(H4,10,11,12). The monoisotopic (exact) mass is 192 g/mol. The van der Waals surface area contributed by atoms with Gasteiger partial charge in [-0.05, 0) is 0 Å². The molecule has 4 N–H and O–H groups in total. The van der Waals surface area contributed by atoms with Crippen molar-refractivity contribution in [2.24, 2.45) is 0 Å². The number of nitriles is 1. The predicted octanol–water partition coefficient (Wildman–Crippen LogP) is -0.0957. The van der Waals surface area contributed by atoms with E-state index in [1.165, 1.54) is 13.3 Å². The molecule has 0 aliphatic carbocycles. The molecule has 6 heteroatoms. The fraction of sp³-hybridized carbons (Fsp3) is 0.125. The molecule has 0 spiro atoms. The molecule has 0 bridgehead atoms. The van der Waals surface area contributed by atoms with Crippen LogP contribution in [0.4, 0.5) is 11.5 Å². The van der Waals surface area contributed by atoms with Gasteiger partial charge >= 0.3 is 5.97 Å². The Labute approximate surface area is 80.1 Å². The number of nitrogen functional groups attached to an aromatic ring is 2. The molecular formula is C8H8N4O2. The van der Waals surface area contributed by atoms with E-state index >= 15 is 0 Å². The number of ether oxygens (including phenoxy) is 1. The lowest BCUT2D eigenvalue weighted by Crippen LogP contribution is -2.10. The van der Waals surface area contributed by atoms with Crippen molar-refractivity contribution in [2.45, 2.75) is 0 Å². The van der Waals surface area contributed by atoms with Crippen LogP contribution in [-0.4, -0.2) is 18.1 Å². The molecule has 1 aromatic heterocycles. The maximum absolute atomic E-state index is 11.1. The Balaban J connectivity index is 3.37. The number of hydrogen-bond donors (Lipinski definition) is 2. The number of hydrogen-bond acceptors (Lipinski definition) is 6. The van der Waals surface area contributed by atoms with Crippen LogP contribution in [0.1, 0.15) is 15.9 Å². The summed E-state index contributed by atoms with van der Waals surface area (Å²) in [7, 11) is 1.21. The van der Waals surface area contributed by atoms with Crippen molar-refractivity contribution in [1.82, 2.24) is 4.98 Å². The van der Waals surface area contributed by atoms with E-state index in [4.69, 9.17) is 16.7 Å². The second-order valence-electron chi connectivity index (χ2n) is 2.45. The Kier molecular flexibility index (Phi) is 2.53. The molecule has 0 aliphatic rings. The molecule has 1 aromatic rings. The van der Waals surface area contributed by atoms with Crippen LogP contribution < -0.4 is 11.5 Å². The van der Waals surface area contributed by atoms with Crippen LogP contribution in [0.3, 0.4) is 0 Å². The molecular weight excluding hydrogens is 184 g/mol. The van der Waals surface area contributed by atoms with Gasteiger partial charge in [-0.25, -0.2) is 9.78 Å². The van der Waals surface area contributed by atoms with Crippen LogP contribution in [0.5, 0.6) is 0 Å². The number of nitrogens with zero attached hydrogens (tertiary/aromatic N) is 2. The van der Waals surface area contributed by atoms with Crippen molar-refractivity contribution in [3.63, 3.8) is 0 Å². The summed E-state index contributed by atoms with van der Waals surface area (Å²) in [5, 5.41) is 8.68. The van der Waals surface area contributed by atoms with Crippen LogP contribution in [0, 0.1) is 11.3 Å². The van der Waals surface area contributed by atoms with E-state index in [0.717, 1.165) is 0 Å². The highest BCUT2D eigenvalue weighted by Gasteiger charge is 2.15. The van der Waals surface area contributed by atoms with Gasteiger partial charge in [-0.1, -0.05) is 0 Å². The first kappa shape index (κ1) is 9.80. The van der Waals surface area contributed by atoms with Crippen LogP contribution in [0.25, 0.3) is 0 Å². The maximum atomic E-state index is 11.1. The molecule has 0 unspecified atom stereocenters. The zero-order valence-corrected chi connectivity index (χ0v) is 7.44. The number of anilines is 2. The van der Waals surface area contributed by atoms with E-state index in [1.54, 1.807) is 6.07 Å². The summed E-state index contributed by atoms with van der Waals surface area (Å²) >= 11 is 0. The van der Waals surface area contributed by atoms with Crippen LogP contribution in [-0.2, 0) is 4.74 Å². The number of methoxy groups -OCH3 is 1. The molecule has 0 aromatic carbocycles. The minimum absolute atomic E-state index is 0.00217. The van der Waals surface area contributed by atoms with E-state index in [1.807, 2.05) is 0 Å². The maximum Gasteiger partial charge on any atom is 0.341 e. The van der Waals surface area contributed by atoms with Crippen molar-refractivity contribution in [2.75, 3.05) is 18.6 Å². The lowest BCUT2D eigenvalue weighted by Gasteiger charge is -2.05. The zero-order valence-electron chi connectivity index (χ0n) is 7.44. The molecule has 0 saturated carbocycles. The number of aromatic nitrogens is 1. The van der Waals surface area contributed by atoms with E-state index in [9.17, 15) is 4.79 Å². The third-order valence-electron chi connectivity index (χ3n) is 1.67. The molecule has 0 amide bonds. The van der Waals surface area contributed by atoms with Gasteiger partial charge in [-0.3, -0.25) is 0 Å². The third-order valence-corrected chi connectivity index (χ3v) is 1.67. The lowest BCUT2D eigenvalue weighted by molar-refractivity contribution is 0.0601. The first-order valence-electron chi connectivity index (χ1n) is 3.64. The summed E-state index contributed by atoms with van der Waals surface area (Å²) in [5.41, 5.74) is 10.9. The first-order chi connectivity index (χ1) is 6.61. The molecule has 72 valence electrons. The summed E-state index contributed by atoms with van der Waals surface area (Å²) in [6.45, 7) is 0. The fourth-order valence-corrected chi connectivity index (χ4v) is 0.931. The smallest absolute Gasteiger partial charge is 0.341 e. The van der Waals surface area contributed by atoms with Crippen LogP contribution in [0.15, 0.2) is 6.20 Å². The van der Waals surface area contributed by atoms with E-state index < -0.39 is 5.97 Å². The van der Waals surface area contributed by atoms with Crippen LogP contribution in [0.2, 0.25) is 0 Å². The number of esters is 1. The molecule has 0 atom stereocenters. The SMILES string of the molecule is COC(=O)c1cnc(N)c(C#N)c1N. The second-order valence-corrected chi connectivity index (χ2v) is 2.45. The van der Waals surface area contributed by atoms with Gasteiger partial charge in [0.15, 0.2) is 0 Å². The van der Waals surface area contributed by atoms with Gasteiger partial charge in [0.25, 0.3) is 0 Å². The minimum atomic E-state index is -0.647. The van der Waals surface area contributed by atoms with Crippen molar-refractivity contribution < 1.29 is 9.53 Å². The van der Waals surface area contributed by atoms with E-state index in [0.29, 0.717) is 0 Å². The van der Waals surface area contributed by atoms with Gasteiger partial charge in [0.2, 0.25) is 0 Å². The van der Waals surface area contributed by atoms with Crippen molar-refractivity contribution in [1.29, 1.82) is 5.26 Å². The molecule has 0 saturated heterocycles. The summed E-state index contributed by atoms with van der Waals surface area (Å²) < 4.78 is 4.45. The quantitative estimate of drug-likeness (QED) is 0.600. The minimum Gasteiger partial charge on any atom is -0.465 e. The summed E-state index contributed by atoms with van der Waals surface area (Å²) in [4.78, 5) is 14.8. The van der Waals surface area contributed by atoms with Gasteiger partial charge in [0.05, 0.1) is 12.8 Å². The Hall–Kier alpha value is -2.29. The lowest BCUT2D eigenvalue weighted by atomic mass is 10.1. The second kappa shape index (κ2) is 3.62. The van der Waals surface area contributed by atoms with Crippen molar-refractivity contribution in [3.8, 4) is 6.07 Å². The molecule has 0 radical (unpaired) electrons. The third kappa shape index (κ3) is 1.43. The largest absolute Gasteiger partial charge is 0.465 e. The number of rotatable bonds is 1. The molecule has 14 heavy (non-hydrogen) atoms. The fourth-order valence-electron chi connectivity index (χ4n) is 0.931. The summed E-state index contributed by atoms with van der Waals surface area (Å²) in [5.74, 6) is -0.649. The summed E-state index contributed by atoms with van der Waals surface area (Å²) in [6.07, 6.45) is 1.18. The predicted molar refractivity (Wildman–Crippen MR) is 49.1 cm³/mol. The van der Waals surface area contributed by atoms with Crippen LogP contribution >= 0.6 is 0 Å². The van der Waals surface area contributed by atoms with Crippen molar-refractivity contribution >= 4 is 17.5 Å². The normalized spacial score (nSPS) is 9.14. The molecule has 1 heterocycles. The Morgan fingerprint density at radius 1 is 1.64 bits per heavy atom. The highest BCUT2D eigenvalue weighted by Crippen LogP contribution is 2.20. The number of carbonyl (C=O) groups excluding carboxylic acids is 1. The Morgan fingerprint density at radius 3 is 2.79 bits per heavy atom. The summed E-state index contributed by atoms with van der Waals surface area (Å²) in [6, 6.07) is 1.76.